The van der Waals surface area contributed by atoms with Gasteiger partial charge in [-0.2, -0.15) is 0 Å². The maximum atomic E-state index is 14.2. The normalized spacial score (nSPS) is 20.7. The van der Waals surface area contributed by atoms with Crippen molar-refractivity contribution in [2.45, 2.75) is 44.1 Å². The maximum Gasteiger partial charge on any atom is 0.225 e. The van der Waals surface area contributed by atoms with Crippen LogP contribution in [-0.2, 0) is 0 Å². The van der Waals surface area contributed by atoms with Crippen LogP contribution in [0.15, 0.2) is 49.1 Å². The number of halogens is 2. The van der Waals surface area contributed by atoms with Crippen molar-refractivity contribution in [2.24, 2.45) is 11.7 Å². The monoisotopic (exact) mass is 525 g/mol. The molecule has 2 aromatic heterocycles. The van der Waals surface area contributed by atoms with Gasteiger partial charge in [0, 0.05) is 38.1 Å². The highest BCUT2D eigenvalue weighted by Crippen LogP contribution is 2.30. The largest absolute Gasteiger partial charge is 0.490 e. The van der Waals surface area contributed by atoms with E-state index in [2.05, 4.69) is 29.7 Å². The van der Waals surface area contributed by atoms with Gasteiger partial charge in [-0.25, -0.2) is 24.3 Å². The third kappa shape index (κ3) is 6.45. The van der Waals surface area contributed by atoms with Crippen molar-refractivity contribution >= 4 is 23.5 Å². The summed E-state index contributed by atoms with van der Waals surface area (Å²) in [6, 6.07) is 6.71. The SMILES string of the molecule is NC1CN(c2ncc(OCCCC3CCN(c4ncc(Cl)cn4)CC3)cn2)CCC1c1ccccc1F. The number of ether oxygens (including phenoxy) is 1. The van der Waals surface area contributed by atoms with E-state index in [1.165, 1.54) is 6.07 Å². The Hall–Kier alpha value is -3.04. The minimum atomic E-state index is -0.188. The molecule has 2 aliphatic heterocycles. The second-order valence-electron chi connectivity index (χ2n) is 9.87. The molecular weight excluding hydrogens is 493 g/mol. The standard InChI is InChI=1S/C27H33ClFN7O/c28-20-14-31-26(32-15-20)35-10-7-19(8-11-35)4-3-13-37-21-16-33-27(34-17-21)36-12-9-23(25(30)18-36)22-5-1-2-6-24(22)29/h1-2,5-6,14-17,19,23,25H,3-4,7-13,18,30H2. The van der Waals surface area contributed by atoms with Crippen LogP contribution in [0.5, 0.6) is 5.75 Å². The molecule has 196 valence electrons. The number of piperidine rings is 2. The molecule has 10 heteroatoms. The van der Waals surface area contributed by atoms with Crippen LogP contribution in [0.1, 0.15) is 43.6 Å². The summed E-state index contributed by atoms with van der Waals surface area (Å²) in [5.74, 6) is 2.55. The molecule has 2 saturated heterocycles. The third-order valence-electron chi connectivity index (χ3n) is 7.39. The Labute approximate surface area is 222 Å². The first-order valence-electron chi connectivity index (χ1n) is 13.0. The van der Waals surface area contributed by atoms with Crippen LogP contribution in [0, 0.1) is 11.7 Å². The number of rotatable bonds is 8. The smallest absolute Gasteiger partial charge is 0.225 e. The van der Waals surface area contributed by atoms with E-state index in [0.717, 1.165) is 57.7 Å². The van der Waals surface area contributed by atoms with Gasteiger partial charge in [0.2, 0.25) is 11.9 Å². The third-order valence-corrected chi connectivity index (χ3v) is 7.58. The van der Waals surface area contributed by atoms with Gasteiger partial charge in [-0.1, -0.05) is 29.8 Å². The molecule has 2 fully saturated rings. The Morgan fingerprint density at radius 2 is 1.57 bits per heavy atom. The molecule has 5 rings (SSSR count). The van der Waals surface area contributed by atoms with Crippen LogP contribution in [-0.4, -0.2) is 58.8 Å². The predicted molar refractivity (Wildman–Crippen MR) is 143 cm³/mol. The molecule has 4 heterocycles. The molecule has 3 aromatic rings. The summed E-state index contributed by atoms with van der Waals surface area (Å²) in [4.78, 5) is 21.9. The fourth-order valence-corrected chi connectivity index (χ4v) is 5.42. The average molecular weight is 526 g/mol. The molecular formula is C27H33ClFN7O. The van der Waals surface area contributed by atoms with Crippen LogP contribution in [0.25, 0.3) is 0 Å². The highest BCUT2D eigenvalue weighted by molar-refractivity contribution is 6.30. The lowest BCUT2D eigenvalue weighted by Gasteiger charge is -2.37. The van der Waals surface area contributed by atoms with E-state index >= 15 is 0 Å². The van der Waals surface area contributed by atoms with Gasteiger partial charge in [0.1, 0.15) is 5.82 Å². The summed E-state index contributed by atoms with van der Waals surface area (Å²) in [6.45, 7) is 3.88. The van der Waals surface area contributed by atoms with Gasteiger partial charge in [0.25, 0.3) is 0 Å². The molecule has 2 unspecified atom stereocenters. The van der Waals surface area contributed by atoms with E-state index in [1.807, 2.05) is 12.1 Å². The molecule has 0 saturated carbocycles. The molecule has 2 atom stereocenters. The second-order valence-corrected chi connectivity index (χ2v) is 10.3. The highest BCUT2D eigenvalue weighted by atomic mass is 35.5. The topological polar surface area (TPSA) is 93.3 Å². The van der Waals surface area contributed by atoms with Crippen LogP contribution < -0.4 is 20.3 Å². The molecule has 8 nitrogen and oxygen atoms in total. The first-order chi connectivity index (χ1) is 18.1. The number of benzene rings is 1. The Morgan fingerprint density at radius 1 is 0.919 bits per heavy atom. The average Bonchev–Trinajstić information content (AvgIpc) is 2.93. The van der Waals surface area contributed by atoms with Crippen LogP contribution >= 0.6 is 11.6 Å². The van der Waals surface area contributed by atoms with Crippen LogP contribution in [0.2, 0.25) is 5.02 Å². The summed E-state index contributed by atoms with van der Waals surface area (Å²) in [6.07, 6.45) is 11.9. The first-order valence-corrected chi connectivity index (χ1v) is 13.4. The van der Waals surface area contributed by atoms with Gasteiger partial charge in [-0.15, -0.1) is 0 Å². The molecule has 0 radical (unpaired) electrons. The van der Waals surface area contributed by atoms with Crippen molar-refractivity contribution in [3.63, 3.8) is 0 Å². The van der Waals surface area contributed by atoms with Gasteiger partial charge in [-0.3, -0.25) is 0 Å². The van der Waals surface area contributed by atoms with E-state index in [-0.39, 0.29) is 17.8 Å². The molecule has 0 bridgehead atoms. The number of hydrogen-bond donors (Lipinski definition) is 1. The lowest BCUT2D eigenvalue weighted by molar-refractivity contribution is 0.277. The Kier molecular flexibility index (Phi) is 8.31. The number of aromatic nitrogens is 4. The molecule has 0 spiro atoms. The van der Waals surface area contributed by atoms with E-state index in [1.54, 1.807) is 30.9 Å². The Bertz CT molecular complexity index is 1140. The van der Waals surface area contributed by atoms with Gasteiger partial charge < -0.3 is 20.3 Å². The second kappa shape index (κ2) is 12.0. The maximum absolute atomic E-state index is 14.2. The summed E-state index contributed by atoms with van der Waals surface area (Å²) in [7, 11) is 0. The van der Waals surface area contributed by atoms with Gasteiger partial charge in [0.15, 0.2) is 5.75 Å². The Morgan fingerprint density at radius 3 is 2.27 bits per heavy atom. The first kappa shape index (κ1) is 25.6. The van der Waals surface area contributed by atoms with Crippen LogP contribution in [0.4, 0.5) is 16.3 Å². The fourth-order valence-electron chi connectivity index (χ4n) is 5.33. The number of nitrogens with two attached hydrogens (primary N) is 1. The zero-order chi connectivity index (χ0) is 25.6. The zero-order valence-electron chi connectivity index (χ0n) is 20.8. The molecule has 37 heavy (non-hydrogen) atoms. The highest BCUT2D eigenvalue weighted by Gasteiger charge is 2.30. The molecule has 0 aliphatic carbocycles. The van der Waals surface area contributed by atoms with E-state index in [9.17, 15) is 4.39 Å². The summed E-state index contributed by atoms with van der Waals surface area (Å²) < 4.78 is 20.1. The number of hydrogen-bond acceptors (Lipinski definition) is 8. The summed E-state index contributed by atoms with van der Waals surface area (Å²) in [5, 5.41) is 0.559. The molecule has 2 aliphatic rings. The molecule has 2 N–H and O–H groups in total. The van der Waals surface area contributed by atoms with Crippen molar-refractivity contribution in [1.29, 1.82) is 0 Å². The fraction of sp³-hybridized carbons (Fsp3) is 0.481. The predicted octanol–water partition coefficient (Wildman–Crippen LogP) is 4.46. The van der Waals surface area contributed by atoms with Crippen molar-refractivity contribution in [3.8, 4) is 5.75 Å². The zero-order valence-corrected chi connectivity index (χ0v) is 21.6. The summed E-state index contributed by atoms with van der Waals surface area (Å²) in [5.41, 5.74) is 7.12. The van der Waals surface area contributed by atoms with E-state index in [0.29, 0.717) is 41.4 Å². The minimum Gasteiger partial charge on any atom is -0.490 e. The molecule has 0 amide bonds. The lowest BCUT2D eigenvalue weighted by atomic mass is 9.85. The van der Waals surface area contributed by atoms with Gasteiger partial charge >= 0.3 is 0 Å². The number of anilines is 2. The van der Waals surface area contributed by atoms with Gasteiger partial charge in [-0.05, 0) is 49.7 Å². The van der Waals surface area contributed by atoms with E-state index in [4.69, 9.17) is 22.1 Å². The molecule has 1 aromatic carbocycles. The van der Waals surface area contributed by atoms with Crippen LogP contribution in [0.3, 0.4) is 0 Å². The van der Waals surface area contributed by atoms with E-state index < -0.39 is 0 Å². The lowest BCUT2D eigenvalue weighted by Crippen LogP contribution is -2.48. The number of nitrogens with zero attached hydrogens (tertiary/aromatic N) is 6. The minimum absolute atomic E-state index is 0.00179. The Balaban J connectivity index is 1.02. The van der Waals surface area contributed by atoms with Gasteiger partial charge in [0.05, 0.1) is 36.4 Å². The summed E-state index contributed by atoms with van der Waals surface area (Å²) >= 11 is 5.89. The van der Waals surface area contributed by atoms with Crippen molar-refractivity contribution in [1.82, 2.24) is 19.9 Å². The van der Waals surface area contributed by atoms with Crippen molar-refractivity contribution in [2.75, 3.05) is 42.6 Å². The van der Waals surface area contributed by atoms with Crippen molar-refractivity contribution < 1.29 is 9.13 Å². The van der Waals surface area contributed by atoms with Crippen molar-refractivity contribution in [3.05, 3.63) is 65.5 Å². The quantitative estimate of drug-likeness (QED) is 0.431.